The quantitative estimate of drug-likeness (QED) is 0.845. The topological polar surface area (TPSA) is 55.5 Å². The van der Waals surface area contributed by atoms with Crippen LogP contribution in [0.4, 0.5) is 0 Å². The number of benzene rings is 1. The second-order valence-corrected chi connectivity index (χ2v) is 5.54. The van der Waals surface area contributed by atoms with Gasteiger partial charge in [0.25, 0.3) is 0 Å². The minimum absolute atomic E-state index is 0.0663. The van der Waals surface area contributed by atoms with Crippen molar-refractivity contribution in [3.8, 4) is 5.75 Å². The highest BCUT2D eigenvalue weighted by molar-refractivity contribution is 5.42. The summed E-state index contributed by atoms with van der Waals surface area (Å²) >= 11 is 0. The largest absolute Gasteiger partial charge is 0.490 e. The molecule has 3 heteroatoms. The van der Waals surface area contributed by atoms with Gasteiger partial charge in [0, 0.05) is 13.0 Å². The van der Waals surface area contributed by atoms with Gasteiger partial charge in [-0.1, -0.05) is 6.07 Å². The highest BCUT2D eigenvalue weighted by atomic mass is 16.5. The maximum atomic E-state index is 9.95. The molecule has 2 unspecified atom stereocenters. The van der Waals surface area contributed by atoms with Gasteiger partial charge in [-0.05, 0) is 57.4 Å². The maximum absolute atomic E-state index is 9.95. The van der Waals surface area contributed by atoms with E-state index in [2.05, 4.69) is 26.8 Å². The molecule has 0 aliphatic heterocycles. The van der Waals surface area contributed by atoms with Gasteiger partial charge in [-0.25, -0.2) is 0 Å². The first-order chi connectivity index (χ1) is 8.25. The number of hydrogen-bond acceptors (Lipinski definition) is 3. The lowest BCUT2D eigenvalue weighted by atomic mass is 9.99. The third-order valence-corrected chi connectivity index (χ3v) is 3.26. The normalized spacial score (nSPS) is 16.2. The van der Waals surface area contributed by atoms with Gasteiger partial charge >= 0.3 is 0 Å². The van der Waals surface area contributed by atoms with Crippen LogP contribution in [-0.2, 0) is 0 Å². The lowest BCUT2D eigenvalue weighted by Crippen LogP contribution is -2.38. The Morgan fingerprint density at radius 2 is 1.94 bits per heavy atom. The molecular formula is C15H25NO2. The van der Waals surface area contributed by atoms with E-state index in [4.69, 9.17) is 10.5 Å². The van der Waals surface area contributed by atoms with Gasteiger partial charge in [0.1, 0.15) is 5.75 Å². The molecule has 1 rings (SSSR count). The van der Waals surface area contributed by atoms with Gasteiger partial charge in [0.05, 0.1) is 11.7 Å². The van der Waals surface area contributed by atoms with Crippen molar-refractivity contribution in [3.63, 3.8) is 0 Å². The average molecular weight is 251 g/mol. The first kappa shape index (κ1) is 15.0. The highest BCUT2D eigenvalue weighted by Crippen LogP contribution is 2.25. The summed E-state index contributed by atoms with van der Waals surface area (Å²) in [4.78, 5) is 0. The van der Waals surface area contributed by atoms with Gasteiger partial charge < -0.3 is 15.6 Å². The predicted octanol–water partition coefficient (Wildman–Crippen LogP) is 2.48. The Morgan fingerprint density at radius 3 is 2.50 bits per heavy atom. The molecule has 102 valence electrons. The summed E-state index contributed by atoms with van der Waals surface area (Å²) in [6, 6.07) is 4.18. The smallest absolute Gasteiger partial charge is 0.123 e. The molecule has 0 aliphatic rings. The van der Waals surface area contributed by atoms with E-state index in [9.17, 15) is 5.11 Å². The van der Waals surface area contributed by atoms with Crippen LogP contribution in [0.15, 0.2) is 12.1 Å². The number of nitrogens with two attached hydrogens (primary N) is 1. The van der Waals surface area contributed by atoms with Gasteiger partial charge in [-0.3, -0.25) is 0 Å². The number of aryl methyl sites for hydroxylation is 2. The number of aliphatic hydroxyl groups is 1. The van der Waals surface area contributed by atoms with Crippen LogP contribution in [0.25, 0.3) is 0 Å². The molecule has 0 amide bonds. The molecule has 0 aromatic heterocycles. The fourth-order valence-electron chi connectivity index (χ4n) is 2.08. The number of hydrogen-bond donors (Lipinski definition) is 2. The Bertz CT molecular complexity index is 413. The Kier molecular flexibility index (Phi) is 4.77. The molecule has 1 aromatic carbocycles. The van der Waals surface area contributed by atoms with Crippen LogP contribution in [0.5, 0.6) is 5.75 Å². The average Bonchev–Trinajstić information content (AvgIpc) is 2.24. The van der Waals surface area contributed by atoms with Crippen LogP contribution in [-0.4, -0.2) is 23.4 Å². The van der Waals surface area contributed by atoms with Crippen molar-refractivity contribution in [1.82, 2.24) is 0 Å². The Balaban J connectivity index is 2.79. The van der Waals surface area contributed by atoms with Crippen molar-refractivity contribution in [3.05, 3.63) is 28.8 Å². The second kappa shape index (κ2) is 5.72. The van der Waals surface area contributed by atoms with Crippen molar-refractivity contribution in [2.75, 3.05) is 6.54 Å². The SMILES string of the molecule is Cc1cc(C)c(C)c(OC(C)CC(C)(O)CN)c1. The third-order valence-electron chi connectivity index (χ3n) is 3.26. The Morgan fingerprint density at radius 1 is 1.33 bits per heavy atom. The van der Waals surface area contributed by atoms with Crippen molar-refractivity contribution in [1.29, 1.82) is 0 Å². The zero-order valence-corrected chi connectivity index (χ0v) is 12.1. The monoisotopic (exact) mass is 251 g/mol. The lowest BCUT2D eigenvalue weighted by Gasteiger charge is -2.26. The van der Waals surface area contributed by atoms with Crippen LogP contribution < -0.4 is 10.5 Å². The molecule has 0 saturated carbocycles. The van der Waals surface area contributed by atoms with Crippen molar-refractivity contribution < 1.29 is 9.84 Å². The summed E-state index contributed by atoms with van der Waals surface area (Å²) in [5, 5.41) is 9.95. The fraction of sp³-hybridized carbons (Fsp3) is 0.600. The maximum Gasteiger partial charge on any atom is 0.123 e. The second-order valence-electron chi connectivity index (χ2n) is 5.54. The van der Waals surface area contributed by atoms with E-state index < -0.39 is 5.60 Å². The molecule has 18 heavy (non-hydrogen) atoms. The third kappa shape index (κ3) is 4.00. The number of ether oxygens (including phenoxy) is 1. The van der Waals surface area contributed by atoms with Crippen molar-refractivity contribution >= 4 is 0 Å². The zero-order valence-electron chi connectivity index (χ0n) is 12.1. The van der Waals surface area contributed by atoms with Crippen molar-refractivity contribution in [2.24, 2.45) is 5.73 Å². The van der Waals surface area contributed by atoms with E-state index in [0.29, 0.717) is 6.42 Å². The first-order valence-electron chi connectivity index (χ1n) is 6.42. The lowest BCUT2D eigenvalue weighted by molar-refractivity contribution is 0.0235. The Hall–Kier alpha value is -1.06. The van der Waals surface area contributed by atoms with Crippen LogP contribution >= 0.6 is 0 Å². The van der Waals surface area contributed by atoms with Gasteiger partial charge in [0.2, 0.25) is 0 Å². The van der Waals surface area contributed by atoms with Crippen LogP contribution in [0, 0.1) is 20.8 Å². The van der Waals surface area contributed by atoms with E-state index in [1.165, 1.54) is 11.1 Å². The number of rotatable bonds is 5. The van der Waals surface area contributed by atoms with E-state index in [0.717, 1.165) is 11.3 Å². The summed E-state index contributed by atoms with van der Waals surface area (Å²) in [7, 11) is 0. The van der Waals surface area contributed by atoms with E-state index in [1.807, 2.05) is 13.0 Å². The molecule has 0 spiro atoms. The molecule has 0 heterocycles. The molecule has 3 N–H and O–H groups in total. The molecule has 0 bridgehead atoms. The van der Waals surface area contributed by atoms with Gasteiger partial charge in [-0.2, -0.15) is 0 Å². The molecular weight excluding hydrogens is 226 g/mol. The standard InChI is InChI=1S/C15H25NO2/c1-10-6-11(2)13(4)14(7-10)18-12(3)8-15(5,17)9-16/h6-7,12,17H,8-9,16H2,1-5H3. The summed E-state index contributed by atoms with van der Waals surface area (Å²) in [6.45, 7) is 10.1. The molecule has 2 atom stereocenters. The highest BCUT2D eigenvalue weighted by Gasteiger charge is 2.23. The summed E-state index contributed by atoms with van der Waals surface area (Å²) in [5.41, 5.74) is 8.22. The van der Waals surface area contributed by atoms with E-state index in [1.54, 1.807) is 6.92 Å². The van der Waals surface area contributed by atoms with E-state index in [-0.39, 0.29) is 12.6 Å². The summed E-state index contributed by atoms with van der Waals surface area (Å²) in [6.07, 6.45) is 0.457. The van der Waals surface area contributed by atoms with Gasteiger partial charge in [0.15, 0.2) is 0 Å². The Labute approximate surface area is 110 Å². The molecule has 0 fully saturated rings. The molecule has 1 aromatic rings. The zero-order chi connectivity index (χ0) is 13.9. The fourth-order valence-corrected chi connectivity index (χ4v) is 2.08. The minimum Gasteiger partial charge on any atom is -0.490 e. The van der Waals surface area contributed by atoms with Gasteiger partial charge in [-0.15, -0.1) is 0 Å². The molecule has 3 nitrogen and oxygen atoms in total. The predicted molar refractivity (Wildman–Crippen MR) is 75.0 cm³/mol. The van der Waals surface area contributed by atoms with E-state index >= 15 is 0 Å². The summed E-state index contributed by atoms with van der Waals surface area (Å²) in [5.74, 6) is 0.896. The van der Waals surface area contributed by atoms with Crippen LogP contribution in [0.1, 0.15) is 37.0 Å². The van der Waals surface area contributed by atoms with Crippen LogP contribution in [0.2, 0.25) is 0 Å². The minimum atomic E-state index is -0.869. The van der Waals surface area contributed by atoms with Crippen molar-refractivity contribution in [2.45, 2.75) is 52.7 Å². The molecule has 0 radical (unpaired) electrons. The molecule has 0 saturated heterocycles. The van der Waals surface area contributed by atoms with Crippen LogP contribution in [0.3, 0.4) is 0 Å². The molecule has 0 aliphatic carbocycles. The first-order valence-corrected chi connectivity index (χ1v) is 6.42. The summed E-state index contributed by atoms with van der Waals surface area (Å²) < 4.78 is 5.93.